The van der Waals surface area contributed by atoms with Gasteiger partial charge in [0.1, 0.15) is 5.75 Å². The summed E-state index contributed by atoms with van der Waals surface area (Å²) in [6, 6.07) is 11.7. The Kier molecular flexibility index (Phi) is 6.93. The molecule has 0 aliphatic rings. The van der Waals surface area contributed by atoms with Crippen molar-refractivity contribution in [3.63, 3.8) is 0 Å². The van der Waals surface area contributed by atoms with Gasteiger partial charge in [-0.05, 0) is 49.2 Å². The Bertz CT molecular complexity index is 921. The maximum Gasteiger partial charge on any atom is 0.314 e. The average molecular weight is 383 g/mol. The van der Waals surface area contributed by atoms with E-state index in [0.29, 0.717) is 11.4 Å². The van der Waals surface area contributed by atoms with Crippen LogP contribution in [0.15, 0.2) is 36.4 Å². The fourth-order valence-electron chi connectivity index (χ4n) is 2.56. The molecule has 2 aromatic rings. The lowest BCUT2D eigenvalue weighted by Gasteiger charge is -2.22. The van der Waals surface area contributed by atoms with Crippen LogP contribution >= 0.6 is 0 Å². The summed E-state index contributed by atoms with van der Waals surface area (Å²) in [6.45, 7) is 3.70. The number of rotatable bonds is 8. The average Bonchev–Trinajstić information content (AvgIpc) is 2.69. The minimum atomic E-state index is -0.598. The summed E-state index contributed by atoms with van der Waals surface area (Å²) in [4.78, 5) is 24.8. The fourth-order valence-corrected chi connectivity index (χ4v) is 2.56. The number of benzene rings is 2. The van der Waals surface area contributed by atoms with E-state index < -0.39 is 17.4 Å². The fraction of sp³-hybridized carbons (Fsp3) is 0.300. The normalized spacial score (nSPS) is 10.1. The van der Waals surface area contributed by atoms with Crippen LogP contribution in [0.3, 0.4) is 0 Å². The number of nitro groups is 1. The zero-order valence-corrected chi connectivity index (χ0v) is 16.0. The highest BCUT2D eigenvalue weighted by Crippen LogP contribution is 2.31. The number of hydrogen-bond donors (Lipinski definition) is 0. The van der Waals surface area contributed by atoms with Crippen LogP contribution in [-0.4, -0.2) is 31.1 Å². The molecule has 0 aliphatic carbocycles. The van der Waals surface area contributed by atoms with Crippen LogP contribution in [0.25, 0.3) is 0 Å². The molecular weight excluding hydrogens is 362 g/mol. The minimum Gasteiger partial charge on any atom is -0.496 e. The molecule has 2 rings (SSSR count). The number of nitrogens with zero attached hydrogens (tertiary/aromatic N) is 3. The van der Waals surface area contributed by atoms with Crippen LogP contribution in [0.5, 0.6) is 11.5 Å². The van der Waals surface area contributed by atoms with Gasteiger partial charge in [0.05, 0.1) is 30.6 Å². The molecule has 0 heterocycles. The maximum atomic E-state index is 12.7. The number of carbonyl (C=O) groups is 1. The molecule has 0 N–H and O–H groups in total. The molecule has 0 unspecified atom stereocenters. The molecule has 0 aliphatic heterocycles. The Morgan fingerprint density at radius 2 is 1.96 bits per heavy atom. The lowest BCUT2D eigenvalue weighted by atomic mass is 10.1. The second-order valence-corrected chi connectivity index (χ2v) is 6.10. The highest BCUT2D eigenvalue weighted by Gasteiger charge is 2.21. The van der Waals surface area contributed by atoms with E-state index in [2.05, 4.69) is 0 Å². The van der Waals surface area contributed by atoms with Gasteiger partial charge in [-0.1, -0.05) is 6.07 Å². The van der Waals surface area contributed by atoms with Gasteiger partial charge in [0.25, 0.3) is 5.91 Å². The second-order valence-electron chi connectivity index (χ2n) is 6.10. The lowest BCUT2D eigenvalue weighted by Crippen LogP contribution is -2.35. The molecule has 0 fully saturated rings. The Morgan fingerprint density at radius 1 is 1.21 bits per heavy atom. The van der Waals surface area contributed by atoms with Crippen molar-refractivity contribution in [2.75, 3.05) is 25.2 Å². The van der Waals surface area contributed by atoms with E-state index in [0.717, 1.165) is 11.1 Å². The summed E-state index contributed by atoms with van der Waals surface area (Å²) in [5, 5.41) is 20.1. The molecule has 0 spiro atoms. The molecule has 146 valence electrons. The minimum absolute atomic E-state index is 0.0283. The number of carbonyl (C=O) groups excluding carboxylic acids is 1. The zero-order valence-electron chi connectivity index (χ0n) is 16.0. The number of methoxy groups -OCH3 is 1. The van der Waals surface area contributed by atoms with E-state index in [9.17, 15) is 14.9 Å². The van der Waals surface area contributed by atoms with Crippen LogP contribution in [0, 0.1) is 35.3 Å². The molecule has 8 heteroatoms. The number of aryl methyl sites for hydroxylation is 2. The first-order valence-corrected chi connectivity index (χ1v) is 8.57. The van der Waals surface area contributed by atoms with Gasteiger partial charge in [0, 0.05) is 12.2 Å². The molecule has 1 amide bonds. The van der Waals surface area contributed by atoms with Crippen molar-refractivity contribution in [1.29, 1.82) is 5.26 Å². The van der Waals surface area contributed by atoms with Gasteiger partial charge < -0.3 is 14.4 Å². The Balaban J connectivity index is 2.21. The Hall–Kier alpha value is -3.60. The van der Waals surface area contributed by atoms with E-state index in [4.69, 9.17) is 14.7 Å². The maximum absolute atomic E-state index is 12.7. The van der Waals surface area contributed by atoms with Crippen molar-refractivity contribution in [2.24, 2.45) is 0 Å². The first-order valence-electron chi connectivity index (χ1n) is 8.57. The molecule has 28 heavy (non-hydrogen) atoms. The van der Waals surface area contributed by atoms with Crippen molar-refractivity contribution >= 4 is 17.3 Å². The third-order valence-corrected chi connectivity index (χ3v) is 4.26. The van der Waals surface area contributed by atoms with Gasteiger partial charge in [0.2, 0.25) is 0 Å². The van der Waals surface area contributed by atoms with E-state index in [-0.39, 0.29) is 24.4 Å². The largest absolute Gasteiger partial charge is 0.496 e. The Morgan fingerprint density at radius 3 is 2.57 bits per heavy atom. The van der Waals surface area contributed by atoms with Crippen LogP contribution in [0.1, 0.15) is 17.5 Å². The number of nitro benzene ring substituents is 1. The monoisotopic (exact) mass is 383 g/mol. The van der Waals surface area contributed by atoms with E-state index >= 15 is 0 Å². The van der Waals surface area contributed by atoms with Crippen LogP contribution in [-0.2, 0) is 4.79 Å². The number of nitriles is 1. The van der Waals surface area contributed by atoms with Crippen molar-refractivity contribution in [3.8, 4) is 17.6 Å². The van der Waals surface area contributed by atoms with Gasteiger partial charge in [-0.25, -0.2) is 0 Å². The smallest absolute Gasteiger partial charge is 0.314 e. The van der Waals surface area contributed by atoms with E-state index in [1.54, 1.807) is 6.07 Å². The lowest BCUT2D eigenvalue weighted by molar-refractivity contribution is -0.385. The molecule has 8 nitrogen and oxygen atoms in total. The van der Waals surface area contributed by atoms with Crippen molar-refractivity contribution in [3.05, 3.63) is 57.6 Å². The van der Waals surface area contributed by atoms with Gasteiger partial charge in [0.15, 0.2) is 12.4 Å². The van der Waals surface area contributed by atoms with E-state index in [1.165, 1.54) is 30.2 Å². The molecular formula is C20H21N3O5. The molecule has 2 aromatic carbocycles. The second kappa shape index (κ2) is 9.37. The predicted molar refractivity (Wildman–Crippen MR) is 104 cm³/mol. The SMILES string of the molecule is COc1ccc(OCC(=O)N(CCC#N)c2ccc(C)c(C)c2)c([N+](=O)[O-])c1. The summed E-state index contributed by atoms with van der Waals surface area (Å²) < 4.78 is 10.4. The number of ether oxygens (including phenoxy) is 2. The van der Waals surface area contributed by atoms with Crippen LogP contribution < -0.4 is 14.4 Å². The standard InChI is InChI=1S/C20H21N3O5/c1-14-5-6-16(11-15(14)2)22(10-4-9-21)20(24)13-28-19-8-7-17(27-3)12-18(19)23(25)26/h5-8,11-12H,4,10,13H2,1-3H3. The number of hydrogen-bond acceptors (Lipinski definition) is 6. The number of anilines is 1. The summed E-state index contributed by atoms with van der Waals surface area (Å²) in [6.07, 6.45) is 0.154. The van der Waals surface area contributed by atoms with Crippen molar-refractivity contribution < 1.29 is 19.2 Å². The zero-order chi connectivity index (χ0) is 20.7. The molecule has 0 aromatic heterocycles. The van der Waals surface area contributed by atoms with E-state index in [1.807, 2.05) is 32.0 Å². The predicted octanol–water partition coefficient (Wildman–Crippen LogP) is 3.55. The van der Waals surface area contributed by atoms with Crippen LogP contribution in [0.2, 0.25) is 0 Å². The molecule has 0 atom stereocenters. The highest BCUT2D eigenvalue weighted by molar-refractivity contribution is 5.94. The van der Waals surface area contributed by atoms with Gasteiger partial charge in [-0.15, -0.1) is 0 Å². The van der Waals surface area contributed by atoms with Crippen LogP contribution in [0.4, 0.5) is 11.4 Å². The highest BCUT2D eigenvalue weighted by atomic mass is 16.6. The summed E-state index contributed by atoms with van der Waals surface area (Å²) in [5.74, 6) is -0.112. The third kappa shape index (κ3) is 4.98. The number of amides is 1. The van der Waals surface area contributed by atoms with Gasteiger partial charge in [-0.2, -0.15) is 5.26 Å². The van der Waals surface area contributed by atoms with Crippen molar-refractivity contribution in [2.45, 2.75) is 20.3 Å². The van der Waals surface area contributed by atoms with Crippen molar-refractivity contribution in [1.82, 2.24) is 0 Å². The summed E-state index contributed by atoms with van der Waals surface area (Å²) in [5.41, 5.74) is 2.46. The molecule has 0 saturated carbocycles. The first kappa shape index (κ1) is 20.7. The molecule has 0 radical (unpaired) electrons. The molecule has 0 bridgehead atoms. The quantitative estimate of drug-likeness (QED) is 0.510. The third-order valence-electron chi connectivity index (χ3n) is 4.26. The Labute approximate surface area is 163 Å². The molecule has 0 saturated heterocycles. The summed E-state index contributed by atoms with van der Waals surface area (Å²) in [7, 11) is 1.40. The topological polar surface area (TPSA) is 106 Å². The van der Waals surface area contributed by atoms with Gasteiger partial charge in [-0.3, -0.25) is 14.9 Å². The first-order chi connectivity index (χ1) is 13.4. The summed E-state index contributed by atoms with van der Waals surface area (Å²) >= 11 is 0. The van der Waals surface area contributed by atoms with Gasteiger partial charge >= 0.3 is 5.69 Å².